The van der Waals surface area contributed by atoms with Gasteiger partial charge in [0.15, 0.2) is 6.61 Å². The first-order valence-electron chi connectivity index (χ1n) is 6.86. The highest BCUT2D eigenvalue weighted by molar-refractivity contribution is 9.10. The molecule has 0 heterocycles. The number of nitrogen functional groups attached to an aromatic ring is 1. The van der Waals surface area contributed by atoms with Crippen molar-refractivity contribution < 1.29 is 27.5 Å². The number of ether oxygens (including phenoxy) is 1. The van der Waals surface area contributed by atoms with Crippen molar-refractivity contribution in [3.63, 3.8) is 0 Å². The molecule has 0 aliphatic heterocycles. The number of nitrogens with two attached hydrogens (primary N) is 1. The molecule has 2 aromatic rings. The van der Waals surface area contributed by atoms with Crippen molar-refractivity contribution >= 4 is 39.2 Å². The number of para-hydroxylation sites is 1. The number of carbonyl (C=O) groups excluding carboxylic acids is 2. The van der Waals surface area contributed by atoms with Crippen LogP contribution in [-0.4, -0.2) is 18.5 Å². The van der Waals surface area contributed by atoms with Crippen molar-refractivity contribution in [3.8, 4) is 0 Å². The standard InChI is InChI=1S/C16H12BrF3N2O3/c17-9-5-6-12(21)10(7-9)15(24)25-8-14(23)22-13-4-2-1-3-11(13)16(18,19)20/h1-7H,8,21H2,(H,22,23). The van der Waals surface area contributed by atoms with E-state index in [1.165, 1.54) is 24.3 Å². The zero-order valence-electron chi connectivity index (χ0n) is 12.6. The summed E-state index contributed by atoms with van der Waals surface area (Å²) in [6, 6.07) is 8.99. The van der Waals surface area contributed by atoms with Gasteiger partial charge in [0.05, 0.1) is 16.8 Å². The zero-order chi connectivity index (χ0) is 18.6. The van der Waals surface area contributed by atoms with Crippen LogP contribution in [0.4, 0.5) is 24.5 Å². The molecule has 0 saturated heterocycles. The second-order valence-electron chi connectivity index (χ2n) is 4.90. The topological polar surface area (TPSA) is 81.4 Å². The molecule has 0 bridgehead atoms. The van der Waals surface area contributed by atoms with Crippen LogP contribution < -0.4 is 11.1 Å². The van der Waals surface area contributed by atoms with Gasteiger partial charge < -0.3 is 15.8 Å². The first kappa shape index (κ1) is 18.8. The van der Waals surface area contributed by atoms with E-state index in [2.05, 4.69) is 21.2 Å². The number of esters is 1. The molecule has 3 N–H and O–H groups in total. The first-order chi connectivity index (χ1) is 11.7. The lowest BCUT2D eigenvalue weighted by molar-refractivity contribution is -0.137. The molecule has 1 amide bonds. The summed E-state index contributed by atoms with van der Waals surface area (Å²) in [5.41, 5.74) is 4.42. The third kappa shape index (κ3) is 4.96. The van der Waals surface area contributed by atoms with Gasteiger partial charge in [0.1, 0.15) is 0 Å². The number of anilines is 2. The number of benzene rings is 2. The molecule has 25 heavy (non-hydrogen) atoms. The summed E-state index contributed by atoms with van der Waals surface area (Å²) in [6.45, 7) is -0.753. The van der Waals surface area contributed by atoms with Gasteiger partial charge in [0.2, 0.25) is 0 Å². The molecule has 5 nitrogen and oxygen atoms in total. The average Bonchev–Trinajstić information content (AvgIpc) is 2.54. The molecule has 2 rings (SSSR count). The van der Waals surface area contributed by atoms with Crippen LogP contribution in [0.5, 0.6) is 0 Å². The van der Waals surface area contributed by atoms with Crippen molar-refractivity contribution in [2.24, 2.45) is 0 Å². The van der Waals surface area contributed by atoms with Gasteiger partial charge in [0, 0.05) is 10.2 Å². The number of carbonyl (C=O) groups is 2. The highest BCUT2D eigenvalue weighted by Crippen LogP contribution is 2.34. The van der Waals surface area contributed by atoms with Crippen LogP contribution in [0.2, 0.25) is 0 Å². The molecular formula is C16H12BrF3N2O3. The smallest absolute Gasteiger partial charge is 0.418 e. The van der Waals surface area contributed by atoms with Crippen molar-refractivity contribution in [3.05, 3.63) is 58.1 Å². The van der Waals surface area contributed by atoms with Gasteiger partial charge in [-0.25, -0.2) is 4.79 Å². The summed E-state index contributed by atoms with van der Waals surface area (Å²) in [4.78, 5) is 23.7. The molecule has 9 heteroatoms. The lowest BCUT2D eigenvalue weighted by atomic mass is 10.1. The summed E-state index contributed by atoms with van der Waals surface area (Å²) in [7, 11) is 0. The predicted molar refractivity (Wildman–Crippen MR) is 88.9 cm³/mol. The minimum absolute atomic E-state index is 0.0397. The van der Waals surface area contributed by atoms with E-state index in [9.17, 15) is 22.8 Å². The molecule has 132 valence electrons. The van der Waals surface area contributed by atoms with Gasteiger partial charge >= 0.3 is 12.1 Å². The number of hydrogen-bond acceptors (Lipinski definition) is 4. The zero-order valence-corrected chi connectivity index (χ0v) is 14.1. The number of hydrogen-bond donors (Lipinski definition) is 2. The monoisotopic (exact) mass is 416 g/mol. The van der Waals surface area contributed by atoms with Gasteiger partial charge in [-0.15, -0.1) is 0 Å². The fourth-order valence-electron chi connectivity index (χ4n) is 1.94. The van der Waals surface area contributed by atoms with Gasteiger partial charge in [-0.3, -0.25) is 4.79 Å². The second-order valence-corrected chi connectivity index (χ2v) is 5.81. The molecule has 0 aliphatic rings. The van der Waals surface area contributed by atoms with Gasteiger partial charge in [-0.05, 0) is 30.3 Å². The lowest BCUT2D eigenvalue weighted by Gasteiger charge is -2.13. The molecule has 0 spiro atoms. The van der Waals surface area contributed by atoms with Crippen LogP contribution in [0.25, 0.3) is 0 Å². The molecule has 0 fully saturated rings. The van der Waals surface area contributed by atoms with E-state index in [-0.39, 0.29) is 11.3 Å². The highest BCUT2D eigenvalue weighted by Gasteiger charge is 2.33. The SMILES string of the molecule is Nc1ccc(Br)cc1C(=O)OCC(=O)Nc1ccccc1C(F)(F)F. The van der Waals surface area contributed by atoms with Crippen molar-refractivity contribution in [2.75, 3.05) is 17.7 Å². The molecule has 2 aromatic carbocycles. The van der Waals surface area contributed by atoms with E-state index in [0.717, 1.165) is 12.1 Å². The Hall–Kier alpha value is -2.55. The third-order valence-corrected chi connectivity index (χ3v) is 3.57. The Morgan fingerprint density at radius 2 is 1.84 bits per heavy atom. The number of halogens is 4. The first-order valence-corrected chi connectivity index (χ1v) is 7.66. The molecule has 0 aromatic heterocycles. The van der Waals surface area contributed by atoms with E-state index >= 15 is 0 Å². The van der Waals surface area contributed by atoms with E-state index in [0.29, 0.717) is 4.47 Å². The summed E-state index contributed by atoms with van der Waals surface area (Å²) in [6.07, 6.45) is -4.62. The van der Waals surface area contributed by atoms with Crippen LogP contribution in [0.15, 0.2) is 46.9 Å². The second kappa shape index (κ2) is 7.56. The highest BCUT2D eigenvalue weighted by atomic mass is 79.9. The predicted octanol–water partition coefficient (Wildman–Crippen LogP) is 3.85. The van der Waals surface area contributed by atoms with Gasteiger partial charge in [0.25, 0.3) is 5.91 Å². The van der Waals surface area contributed by atoms with Crippen LogP contribution in [0.1, 0.15) is 15.9 Å². The lowest BCUT2D eigenvalue weighted by Crippen LogP contribution is -2.23. The van der Waals surface area contributed by atoms with Crippen molar-refractivity contribution in [1.82, 2.24) is 0 Å². The molecule has 0 aliphatic carbocycles. The molecule has 0 saturated carbocycles. The van der Waals surface area contributed by atoms with Gasteiger partial charge in [-0.2, -0.15) is 13.2 Å². The molecule has 0 atom stereocenters. The van der Waals surface area contributed by atoms with Crippen LogP contribution in [-0.2, 0) is 15.7 Å². The van der Waals surface area contributed by atoms with Crippen molar-refractivity contribution in [2.45, 2.75) is 6.18 Å². The Kier molecular flexibility index (Phi) is 5.68. The molecule has 0 unspecified atom stereocenters. The summed E-state index contributed by atoms with van der Waals surface area (Å²) >= 11 is 3.17. The Morgan fingerprint density at radius 3 is 2.52 bits per heavy atom. The van der Waals surface area contributed by atoms with E-state index in [4.69, 9.17) is 10.5 Å². The maximum absolute atomic E-state index is 12.9. The Balaban J connectivity index is 2.02. The number of amides is 1. The summed E-state index contributed by atoms with van der Waals surface area (Å²) in [5.74, 6) is -1.77. The normalized spacial score (nSPS) is 11.0. The number of rotatable bonds is 4. The van der Waals surface area contributed by atoms with Crippen molar-refractivity contribution in [1.29, 1.82) is 0 Å². The Labute approximate surface area is 149 Å². The third-order valence-electron chi connectivity index (χ3n) is 3.08. The Bertz CT molecular complexity index is 809. The minimum Gasteiger partial charge on any atom is -0.452 e. The summed E-state index contributed by atoms with van der Waals surface area (Å²) in [5, 5.41) is 2.07. The largest absolute Gasteiger partial charge is 0.452 e. The van der Waals surface area contributed by atoms with E-state index < -0.39 is 35.9 Å². The Morgan fingerprint density at radius 1 is 1.16 bits per heavy atom. The van der Waals surface area contributed by atoms with Crippen LogP contribution in [0.3, 0.4) is 0 Å². The molecule has 0 radical (unpaired) electrons. The quantitative estimate of drug-likeness (QED) is 0.585. The van der Waals surface area contributed by atoms with E-state index in [1.807, 2.05) is 0 Å². The maximum atomic E-state index is 12.9. The average molecular weight is 417 g/mol. The molecular weight excluding hydrogens is 405 g/mol. The van der Waals surface area contributed by atoms with Crippen LogP contribution in [0, 0.1) is 0 Å². The number of alkyl halides is 3. The van der Waals surface area contributed by atoms with Gasteiger partial charge in [-0.1, -0.05) is 28.1 Å². The fourth-order valence-corrected chi connectivity index (χ4v) is 2.30. The minimum atomic E-state index is -4.62. The number of nitrogens with one attached hydrogen (secondary N) is 1. The summed E-state index contributed by atoms with van der Waals surface area (Å²) < 4.78 is 44.0. The fraction of sp³-hybridized carbons (Fsp3) is 0.125. The maximum Gasteiger partial charge on any atom is 0.418 e. The van der Waals surface area contributed by atoms with E-state index in [1.54, 1.807) is 6.07 Å². The van der Waals surface area contributed by atoms with Crippen LogP contribution >= 0.6 is 15.9 Å².